The van der Waals surface area contributed by atoms with E-state index in [9.17, 15) is 4.79 Å². The van der Waals surface area contributed by atoms with Crippen molar-refractivity contribution < 1.29 is 14.3 Å². The van der Waals surface area contributed by atoms with E-state index in [-0.39, 0.29) is 0 Å². The zero-order valence-corrected chi connectivity index (χ0v) is 9.35. The van der Waals surface area contributed by atoms with E-state index in [0.717, 1.165) is 11.2 Å². The molecular formula is C11H12N2O3. The SMILES string of the molecule is COC(=O)c1cc2cc(C)nn2cc1OC. The molecule has 5 nitrogen and oxygen atoms in total. The molecule has 0 spiro atoms. The van der Waals surface area contributed by atoms with Crippen molar-refractivity contribution in [2.75, 3.05) is 14.2 Å². The lowest BCUT2D eigenvalue weighted by Gasteiger charge is -2.06. The Balaban J connectivity index is 2.66. The number of nitrogens with zero attached hydrogens (tertiary/aromatic N) is 2. The summed E-state index contributed by atoms with van der Waals surface area (Å²) in [6, 6.07) is 3.58. The number of aryl methyl sites for hydroxylation is 1. The highest BCUT2D eigenvalue weighted by Crippen LogP contribution is 2.21. The normalized spacial score (nSPS) is 10.4. The minimum Gasteiger partial charge on any atom is -0.494 e. The lowest BCUT2D eigenvalue weighted by atomic mass is 10.2. The van der Waals surface area contributed by atoms with Gasteiger partial charge in [0.2, 0.25) is 0 Å². The number of carbonyl (C=O) groups excluding carboxylic acids is 1. The molecule has 0 aromatic carbocycles. The van der Waals surface area contributed by atoms with E-state index in [4.69, 9.17) is 4.74 Å². The molecule has 0 bridgehead atoms. The van der Waals surface area contributed by atoms with Crippen LogP contribution in [-0.4, -0.2) is 29.8 Å². The summed E-state index contributed by atoms with van der Waals surface area (Å²) in [6.45, 7) is 1.89. The maximum Gasteiger partial charge on any atom is 0.341 e. The molecule has 2 heterocycles. The predicted octanol–water partition coefficient (Wildman–Crippen LogP) is 1.44. The summed E-state index contributed by atoms with van der Waals surface area (Å²) in [5.74, 6) is 0.0284. The van der Waals surface area contributed by atoms with Gasteiger partial charge in [0, 0.05) is 0 Å². The van der Waals surface area contributed by atoms with Gasteiger partial charge in [-0.3, -0.25) is 0 Å². The second-order valence-corrected chi connectivity index (χ2v) is 3.40. The number of aromatic nitrogens is 2. The molecule has 0 unspecified atom stereocenters. The summed E-state index contributed by atoms with van der Waals surface area (Å²) in [4.78, 5) is 11.5. The summed E-state index contributed by atoms with van der Waals surface area (Å²) < 4.78 is 11.5. The molecule has 0 aliphatic heterocycles. The average Bonchev–Trinajstić information content (AvgIpc) is 2.65. The molecule has 2 rings (SSSR count). The van der Waals surface area contributed by atoms with Gasteiger partial charge >= 0.3 is 5.97 Å². The Kier molecular flexibility index (Phi) is 2.52. The average molecular weight is 220 g/mol. The first-order valence-corrected chi connectivity index (χ1v) is 4.78. The third kappa shape index (κ3) is 1.60. The van der Waals surface area contributed by atoms with Crippen LogP contribution in [0.4, 0.5) is 0 Å². The Morgan fingerprint density at radius 1 is 1.38 bits per heavy atom. The van der Waals surface area contributed by atoms with Crippen molar-refractivity contribution in [1.29, 1.82) is 0 Å². The van der Waals surface area contributed by atoms with E-state index in [1.807, 2.05) is 13.0 Å². The quantitative estimate of drug-likeness (QED) is 0.718. The molecule has 84 valence electrons. The van der Waals surface area contributed by atoms with Crippen LogP contribution in [0.2, 0.25) is 0 Å². The number of rotatable bonds is 2. The molecule has 0 radical (unpaired) electrons. The Morgan fingerprint density at radius 2 is 2.12 bits per heavy atom. The highest BCUT2D eigenvalue weighted by Gasteiger charge is 2.14. The van der Waals surface area contributed by atoms with Crippen LogP contribution in [0, 0.1) is 6.92 Å². The maximum atomic E-state index is 11.5. The Morgan fingerprint density at radius 3 is 2.75 bits per heavy atom. The van der Waals surface area contributed by atoms with Crippen molar-refractivity contribution in [3.63, 3.8) is 0 Å². The van der Waals surface area contributed by atoms with Gasteiger partial charge in [-0.15, -0.1) is 0 Å². The minimum atomic E-state index is -0.418. The lowest BCUT2D eigenvalue weighted by molar-refractivity contribution is 0.0597. The van der Waals surface area contributed by atoms with Gasteiger partial charge in [-0.05, 0) is 19.1 Å². The second kappa shape index (κ2) is 3.84. The van der Waals surface area contributed by atoms with Crippen LogP contribution >= 0.6 is 0 Å². The van der Waals surface area contributed by atoms with Crippen LogP contribution in [0.25, 0.3) is 5.52 Å². The molecule has 16 heavy (non-hydrogen) atoms. The molecule has 0 aliphatic rings. The third-order valence-corrected chi connectivity index (χ3v) is 2.31. The van der Waals surface area contributed by atoms with Crippen molar-refractivity contribution in [1.82, 2.24) is 9.61 Å². The largest absolute Gasteiger partial charge is 0.494 e. The van der Waals surface area contributed by atoms with Gasteiger partial charge < -0.3 is 9.47 Å². The summed E-state index contributed by atoms with van der Waals surface area (Å²) in [5.41, 5.74) is 2.11. The Hall–Kier alpha value is -2.04. The highest BCUT2D eigenvalue weighted by molar-refractivity contribution is 5.93. The molecule has 0 fully saturated rings. The fourth-order valence-electron chi connectivity index (χ4n) is 1.58. The number of fused-ring (bicyclic) bond motifs is 1. The number of carbonyl (C=O) groups is 1. The molecule has 2 aromatic rings. The first kappa shape index (κ1) is 10.5. The summed E-state index contributed by atoms with van der Waals surface area (Å²) in [6.07, 6.45) is 1.66. The van der Waals surface area contributed by atoms with E-state index in [2.05, 4.69) is 9.84 Å². The zero-order chi connectivity index (χ0) is 11.7. The lowest BCUT2D eigenvalue weighted by Crippen LogP contribution is -2.05. The fraction of sp³-hybridized carbons (Fsp3) is 0.273. The van der Waals surface area contributed by atoms with E-state index >= 15 is 0 Å². The number of hydrogen-bond acceptors (Lipinski definition) is 4. The number of hydrogen-bond donors (Lipinski definition) is 0. The summed E-state index contributed by atoms with van der Waals surface area (Å²) >= 11 is 0. The molecule has 0 saturated carbocycles. The van der Waals surface area contributed by atoms with Crippen molar-refractivity contribution in [2.45, 2.75) is 6.92 Å². The monoisotopic (exact) mass is 220 g/mol. The van der Waals surface area contributed by atoms with Gasteiger partial charge in [-0.2, -0.15) is 5.10 Å². The number of methoxy groups -OCH3 is 2. The summed E-state index contributed by atoms with van der Waals surface area (Å²) in [7, 11) is 2.84. The highest BCUT2D eigenvalue weighted by atomic mass is 16.5. The summed E-state index contributed by atoms with van der Waals surface area (Å²) in [5, 5.41) is 4.23. The van der Waals surface area contributed by atoms with Gasteiger partial charge in [-0.1, -0.05) is 0 Å². The molecule has 0 N–H and O–H groups in total. The van der Waals surface area contributed by atoms with E-state index in [1.165, 1.54) is 14.2 Å². The van der Waals surface area contributed by atoms with Crippen LogP contribution in [0.5, 0.6) is 5.75 Å². The van der Waals surface area contributed by atoms with Crippen LogP contribution in [0.1, 0.15) is 16.1 Å². The molecule has 5 heteroatoms. The zero-order valence-electron chi connectivity index (χ0n) is 9.35. The smallest absolute Gasteiger partial charge is 0.341 e. The van der Waals surface area contributed by atoms with E-state index in [1.54, 1.807) is 16.8 Å². The molecular weight excluding hydrogens is 208 g/mol. The van der Waals surface area contributed by atoms with E-state index < -0.39 is 5.97 Å². The first-order chi connectivity index (χ1) is 7.65. The predicted molar refractivity (Wildman–Crippen MR) is 57.8 cm³/mol. The van der Waals surface area contributed by atoms with Crippen molar-refractivity contribution in [3.8, 4) is 5.75 Å². The molecule has 0 amide bonds. The second-order valence-electron chi connectivity index (χ2n) is 3.40. The molecule has 0 atom stereocenters. The van der Waals surface area contributed by atoms with Crippen molar-refractivity contribution >= 4 is 11.5 Å². The van der Waals surface area contributed by atoms with Crippen LogP contribution in [0.3, 0.4) is 0 Å². The van der Waals surface area contributed by atoms with Gasteiger partial charge in [0.15, 0.2) is 5.75 Å². The molecule has 2 aromatic heterocycles. The Bertz CT molecular complexity index is 545. The minimum absolute atomic E-state index is 0.400. The van der Waals surface area contributed by atoms with Crippen molar-refractivity contribution in [2.24, 2.45) is 0 Å². The van der Waals surface area contributed by atoms with E-state index in [0.29, 0.717) is 11.3 Å². The van der Waals surface area contributed by atoms with Gasteiger partial charge in [0.1, 0.15) is 5.56 Å². The topological polar surface area (TPSA) is 52.8 Å². The number of pyridine rings is 1. The Labute approximate surface area is 92.6 Å². The molecule has 0 aliphatic carbocycles. The van der Waals surface area contributed by atoms with Gasteiger partial charge in [0.05, 0.1) is 31.6 Å². The third-order valence-electron chi connectivity index (χ3n) is 2.31. The first-order valence-electron chi connectivity index (χ1n) is 4.78. The molecule has 0 saturated heterocycles. The number of esters is 1. The van der Waals surface area contributed by atoms with Crippen LogP contribution in [0.15, 0.2) is 18.3 Å². The number of ether oxygens (including phenoxy) is 2. The van der Waals surface area contributed by atoms with Gasteiger partial charge in [0.25, 0.3) is 0 Å². The maximum absolute atomic E-state index is 11.5. The van der Waals surface area contributed by atoms with Crippen LogP contribution in [-0.2, 0) is 4.74 Å². The van der Waals surface area contributed by atoms with Gasteiger partial charge in [-0.25, -0.2) is 9.31 Å². The van der Waals surface area contributed by atoms with Crippen LogP contribution < -0.4 is 4.74 Å². The standard InChI is InChI=1S/C11H12N2O3/c1-7-4-8-5-9(11(14)16-3)10(15-2)6-13(8)12-7/h4-6H,1-3H3. The fourth-order valence-corrected chi connectivity index (χ4v) is 1.58. The van der Waals surface area contributed by atoms with Crippen molar-refractivity contribution in [3.05, 3.63) is 29.6 Å².